The van der Waals surface area contributed by atoms with Gasteiger partial charge < -0.3 is 18.8 Å². The number of esters is 1. The summed E-state index contributed by atoms with van der Waals surface area (Å²) in [5.41, 5.74) is -0.0951. The lowest BCUT2D eigenvalue weighted by atomic mass is 10.1. The van der Waals surface area contributed by atoms with Gasteiger partial charge >= 0.3 is 12.1 Å². The smallest absolute Gasteiger partial charge is 0.449 e. The summed E-state index contributed by atoms with van der Waals surface area (Å²) >= 11 is 0. The predicted octanol–water partition coefficient (Wildman–Crippen LogP) is 6.87. The quantitative estimate of drug-likeness (QED) is 0.136. The third-order valence-corrected chi connectivity index (χ3v) is 7.54. The molecule has 1 saturated heterocycles. The maximum Gasteiger partial charge on any atom is 0.453 e. The Bertz CT molecular complexity index is 1640. The SMILES string of the molecule is CCCc1ccc(Oc2c(C(F)(F)F)oc3c(C[NH+]4CCCCCC4)c(OC(=O)c4ccc(F)cc4)ccc3c2=O)cc1. The van der Waals surface area contributed by atoms with Gasteiger partial charge in [0.2, 0.25) is 11.2 Å². The minimum atomic E-state index is -5.06. The molecular formula is C33H32F4NO5+. The van der Waals surface area contributed by atoms with Gasteiger partial charge in [0.15, 0.2) is 5.58 Å². The molecule has 43 heavy (non-hydrogen) atoms. The number of nitrogens with one attached hydrogen (secondary N) is 1. The fraction of sp³-hybridized carbons (Fsp3) is 0.333. The number of ether oxygens (including phenoxy) is 2. The lowest BCUT2D eigenvalue weighted by Gasteiger charge is -2.20. The normalized spacial score (nSPS) is 14.4. The molecule has 1 N–H and O–H groups in total. The Morgan fingerprint density at radius 1 is 0.930 bits per heavy atom. The van der Waals surface area contributed by atoms with Crippen molar-refractivity contribution in [1.29, 1.82) is 0 Å². The van der Waals surface area contributed by atoms with E-state index < -0.39 is 34.9 Å². The van der Waals surface area contributed by atoms with Crippen LogP contribution in [0.3, 0.4) is 0 Å². The molecule has 5 rings (SSSR count). The van der Waals surface area contributed by atoms with Crippen LogP contribution in [-0.4, -0.2) is 19.1 Å². The van der Waals surface area contributed by atoms with Gasteiger partial charge in [-0.15, -0.1) is 0 Å². The van der Waals surface area contributed by atoms with Crippen molar-refractivity contribution in [3.8, 4) is 17.2 Å². The Labute approximate surface area is 245 Å². The first-order chi connectivity index (χ1) is 20.6. The number of carbonyl (C=O) groups excluding carboxylic acids is 1. The van der Waals surface area contributed by atoms with Crippen molar-refractivity contribution in [2.75, 3.05) is 13.1 Å². The second-order valence-electron chi connectivity index (χ2n) is 10.7. The summed E-state index contributed by atoms with van der Waals surface area (Å²) in [6.07, 6.45) is 0.572. The molecule has 6 nitrogen and oxygen atoms in total. The van der Waals surface area contributed by atoms with Gasteiger partial charge in [-0.3, -0.25) is 4.79 Å². The minimum absolute atomic E-state index is 0.0324. The highest BCUT2D eigenvalue weighted by molar-refractivity contribution is 5.92. The van der Waals surface area contributed by atoms with Crippen LogP contribution >= 0.6 is 0 Å². The molecule has 1 fully saturated rings. The number of quaternary nitrogens is 1. The molecule has 0 atom stereocenters. The van der Waals surface area contributed by atoms with E-state index in [-0.39, 0.29) is 40.1 Å². The molecular weight excluding hydrogens is 566 g/mol. The van der Waals surface area contributed by atoms with Crippen LogP contribution in [0.1, 0.15) is 66.3 Å². The molecule has 226 valence electrons. The molecule has 0 unspecified atom stereocenters. The highest BCUT2D eigenvalue weighted by Gasteiger charge is 2.41. The molecule has 2 heterocycles. The third-order valence-electron chi connectivity index (χ3n) is 7.54. The van der Waals surface area contributed by atoms with Gasteiger partial charge in [0.05, 0.1) is 29.6 Å². The van der Waals surface area contributed by atoms with Gasteiger partial charge in [-0.25, -0.2) is 9.18 Å². The molecule has 1 aliphatic heterocycles. The van der Waals surface area contributed by atoms with E-state index in [9.17, 15) is 27.2 Å². The van der Waals surface area contributed by atoms with Crippen LogP contribution in [-0.2, 0) is 19.1 Å². The average molecular weight is 599 g/mol. The number of rotatable bonds is 8. The standard InChI is InChI=1S/C33H31F4NO5/c1-2-7-21-8-14-24(15-9-21)41-30-28(39)25-16-17-27(42-32(40)22-10-12-23(34)13-11-22)26(20-38-18-5-3-4-6-19-38)29(25)43-31(30)33(35,36)37/h8-17H,2-7,18-20H2,1H3/p+1. The number of likely N-dealkylation sites (tertiary alicyclic amines) is 1. The van der Waals surface area contributed by atoms with Crippen molar-refractivity contribution in [2.24, 2.45) is 0 Å². The molecule has 0 radical (unpaired) electrons. The van der Waals surface area contributed by atoms with E-state index in [1.807, 2.05) is 6.92 Å². The molecule has 0 spiro atoms. The van der Waals surface area contributed by atoms with Crippen molar-refractivity contribution in [1.82, 2.24) is 0 Å². The zero-order valence-electron chi connectivity index (χ0n) is 23.7. The lowest BCUT2D eigenvalue weighted by molar-refractivity contribution is -0.913. The number of halogens is 4. The molecule has 3 aromatic carbocycles. The van der Waals surface area contributed by atoms with Gasteiger partial charge in [0, 0.05) is 0 Å². The van der Waals surface area contributed by atoms with Crippen molar-refractivity contribution in [2.45, 2.75) is 58.2 Å². The molecule has 4 aromatic rings. The molecule has 0 saturated carbocycles. The van der Waals surface area contributed by atoms with Crippen molar-refractivity contribution >= 4 is 16.9 Å². The minimum Gasteiger partial charge on any atom is -0.449 e. The van der Waals surface area contributed by atoms with Crippen molar-refractivity contribution < 1.29 is 41.1 Å². The molecule has 1 aromatic heterocycles. The first-order valence-electron chi connectivity index (χ1n) is 14.4. The maximum absolute atomic E-state index is 14.4. The van der Waals surface area contributed by atoms with E-state index in [0.29, 0.717) is 0 Å². The summed E-state index contributed by atoms with van der Waals surface area (Å²) in [6, 6.07) is 13.9. The van der Waals surface area contributed by atoms with Gasteiger partial charge in [0.25, 0.3) is 5.76 Å². The Morgan fingerprint density at radius 3 is 2.23 bits per heavy atom. The van der Waals surface area contributed by atoms with Crippen molar-refractivity contribution in [3.05, 3.63) is 99.2 Å². The summed E-state index contributed by atoms with van der Waals surface area (Å²) < 4.78 is 73.3. The summed E-state index contributed by atoms with van der Waals surface area (Å²) in [5, 5.41) is -0.128. The number of aryl methyl sites for hydroxylation is 1. The average Bonchev–Trinajstić information content (AvgIpc) is 3.25. The van der Waals surface area contributed by atoms with Gasteiger partial charge in [-0.2, -0.15) is 13.2 Å². The predicted molar refractivity (Wildman–Crippen MR) is 152 cm³/mol. The second-order valence-corrected chi connectivity index (χ2v) is 10.7. The van der Waals surface area contributed by atoms with Gasteiger partial charge in [-0.1, -0.05) is 25.5 Å². The van der Waals surface area contributed by atoms with E-state index in [4.69, 9.17) is 13.9 Å². The van der Waals surface area contributed by atoms with E-state index >= 15 is 0 Å². The fourth-order valence-corrected chi connectivity index (χ4v) is 5.35. The number of hydrogen-bond donors (Lipinski definition) is 1. The summed E-state index contributed by atoms with van der Waals surface area (Å²) in [6.45, 7) is 3.70. The number of carbonyl (C=O) groups is 1. The van der Waals surface area contributed by atoms with Gasteiger partial charge in [0.1, 0.15) is 23.9 Å². The maximum atomic E-state index is 14.4. The van der Waals surface area contributed by atoms with E-state index in [0.717, 1.165) is 74.2 Å². The first-order valence-corrected chi connectivity index (χ1v) is 14.4. The first kappa shape index (κ1) is 30.3. The zero-order chi connectivity index (χ0) is 30.6. The Balaban J connectivity index is 1.62. The van der Waals surface area contributed by atoms with Crippen LogP contribution in [0, 0.1) is 5.82 Å². The van der Waals surface area contributed by atoms with Crippen LogP contribution in [0.4, 0.5) is 17.6 Å². The fourth-order valence-electron chi connectivity index (χ4n) is 5.35. The molecule has 0 bridgehead atoms. The van der Waals surface area contributed by atoms with Crippen LogP contribution < -0.4 is 19.8 Å². The monoisotopic (exact) mass is 598 g/mol. The van der Waals surface area contributed by atoms with E-state index in [1.54, 1.807) is 12.1 Å². The second kappa shape index (κ2) is 13.0. The van der Waals surface area contributed by atoms with Gasteiger partial charge in [-0.05, 0) is 86.2 Å². The third kappa shape index (κ3) is 7.07. The largest absolute Gasteiger partial charge is 0.453 e. The zero-order valence-corrected chi connectivity index (χ0v) is 23.7. The number of alkyl halides is 3. The van der Waals surface area contributed by atoms with Crippen LogP contribution in [0.25, 0.3) is 11.0 Å². The van der Waals surface area contributed by atoms with E-state index in [2.05, 4.69) is 0 Å². The van der Waals surface area contributed by atoms with Crippen LogP contribution in [0.5, 0.6) is 17.2 Å². The van der Waals surface area contributed by atoms with Crippen molar-refractivity contribution in [3.63, 3.8) is 0 Å². The number of hydrogen-bond acceptors (Lipinski definition) is 5. The topological polar surface area (TPSA) is 70.2 Å². The molecule has 10 heteroatoms. The Hall–Kier alpha value is -4.18. The number of benzene rings is 3. The Kier molecular flexibility index (Phi) is 9.15. The van der Waals surface area contributed by atoms with Crippen LogP contribution in [0.15, 0.2) is 69.9 Å². The van der Waals surface area contributed by atoms with E-state index in [1.165, 1.54) is 36.4 Å². The summed E-state index contributed by atoms with van der Waals surface area (Å²) in [5.74, 6) is -3.87. The molecule has 1 aliphatic rings. The molecule has 0 amide bonds. The van der Waals surface area contributed by atoms with Crippen LogP contribution in [0.2, 0.25) is 0 Å². The summed E-state index contributed by atoms with van der Waals surface area (Å²) in [7, 11) is 0. The summed E-state index contributed by atoms with van der Waals surface area (Å²) in [4.78, 5) is 27.6. The molecule has 0 aliphatic carbocycles. The highest BCUT2D eigenvalue weighted by atomic mass is 19.4. The highest BCUT2D eigenvalue weighted by Crippen LogP contribution is 2.40. The Morgan fingerprint density at radius 2 is 1.60 bits per heavy atom. The lowest BCUT2D eigenvalue weighted by Crippen LogP contribution is -3.10. The number of fused-ring (bicyclic) bond motifs is 1.